The van der Waals surface area contributed by atoms with Crippen LogP contribution in [0.15, 0.2) is 18.2 Å². The van der Waals surface area contributed by atoms with Crippen LogP contribution in [0.3, 0.4) is 0 Å². The van der Waals surface area contributed by atoms with E-state index in [1.807, 2.05) is 6.07 Å². The molecule has 0 saturated heterocycles. The van der Waals surface area contributed by atoms with Crippen LogP contribution in [0.4, 0.5) is 5.82 Å². The Morgan fingerprint density at radius 2 is 2.06 bits per heavy atom. The lowest BCUT2D eigenvalue weighted by molar-refractivity contribution is 0.183. The number of nitrogens with one attached hydrogen (secondary N) is 1. The molecule has 0 atom stereocenters. The first kappa shape index (κ1) is 13.3. The molecule has 3 heteroatoms. The molecule has 0 spiro atoms. The Hall–Kier alpha value is -1.09. The third-order valence-electron chi connectivity index (χ3n) is 3.77. The SMILES string of the molecule is CCNc1cccc(CN(C)C2CCCCC2)n1. The van der Waals surface area contributed by atoms with Crippen LogP contribution >= 0.6 is 0 Å². The van der Waals surface area contributed by atoms with Gasteiger partial charge in [0.15, 0.2) is 0 Å². The Balaban J connectivity index is 1.93. The van der Waals surface area contributed by atoms with Crippen molar-refractivity contribution in [1.82, 2.24) is 9.88 Å². The third-order valence-corrected chi connectivity index (χ3v) is 3.77. The zero-order valence-corrected chi connectivity index (χ0v) is 11.7. The second-order valence-electron chi connectivity index (χ2n) is 5.25. The smallest absolute Gasteiger partial charge is 0.126 e. The van der Waals surface area contributed by atoms with E-state index in [-0.39, 0.29) is 0 Å². The largest absolute Gasteiger partial charge is 0.370 e. The maximum Gasteiger partial charge on any atom is 0.126 e. The Labute approximate surface area is 111 Å². The first-order valence-corrected chi connectivity index (χ1v) is 7.19. The summed E-state index contributed by atoms with van der Waals surface area (Å²) in [4.78, 5) is 7.11. The van der Waals surface area contributed by atoms with Crippen molar-refractivity contribution in [3.8, 4) is 0 Å². The molecule has 0 unspecified atom stereocenters. The van der Waals surface area contributed by atoms with Gasteiger partial charge in [0.25, 0.3) is 0 Å². The van der Waals surface area contributed by atoms with E-state index < -0.39 is 0 Å². The summed E-state index contributed by atoms with van der Waals surface area (Å²) in [5, 5.41) is 3.27. The van der Waals surface area contributed by atoms with E-state index in [0.717, 1.165) is 24.9 Å². The van der Waals surface area contributed by atoms with Gasteiger partial charge in [-0.05, 0) is 38.9 Å². The minimum absolute atomic E-state index is 0.753. The topological polar surface area (TPSA) is 28.2 Å². The molecule has 1 aromatic rings. The van der Waals surface area contributed by atoms with Gasteiger partial charge in [-0.15, -0.1) is 0 Å². The molecule has 0 radical (unpaired) electrons. The normalized spacial score (nSPS) is 17.1. The van der Waals surface area contributed by atoms with Gasteiger partial charge in [-0.25, -0.2) is 4.98 Å². The molecule has 1 saturated carbocycles. The van der Waals surface area contributed by atoms with Crippen molar-refractivity contribution in [3.63, 3.8) is 0 Å². The molecule has 2 rings (SSSR count). The summed E-state index contributed by atoms with van der Waals surface area (Å²) in [5.41, 5.74) is 1.17. The van der Waals surface area contributed by atoms with E-state index in [0.29, 0.717) is 0 Å². The predicted octanol–water partition coefficient (Wildman–Crippen LogP) is 3.28. The molecule has 0 aliphatic heterocycles. The lowest BCUT2D eigenvalue weighted by Crippen LogP contribution is -2.33. The molecule has 1 aliphatic rings. The van der Waals surface area contributed by atoms with Gasteiger partial charge in [0.2, 0.25) is 0 Å². The number of anilines is 1. The van der Waals surface area contributed by atoms with E-state index in [4.69, 9.17) is 0 Å². The number of nitrogens with zero attached hydrogens (tertiary/aromatic N) is 2. The zero-order chi connectivity index (χ0) is 12.8. The molecule has 1 fully saturated rings. The van der Waals surface area contributed by atoms with Crippen molar-refractivity contribution in [3.05, 3.63) is 23.9 Å². The Morgan fingerprint density at radius 3 is 2.78 bits per heavy atom. The molecular formula is C15H25N3. The molecule has 1 N–H and O–H groups in total. The quantitative estimate of drug-likeness (QED) is 0.865. The van der Waals surface area contributed by atoms with E-state index in [1.165, 1.54) is 37.8 Å². The van der Waals surface area contributed by atoms with Gasteiger partial charge < -0.3 is 5.32 Å². The Morgan fingerprint density at radius 1 is 1.28 bits per heavy atom. The highest BCUT2D eigenvalue weighted by molar-refractivity contribution is 5.34. The van der Waals surface area contributed by atoms with Crippen molar-refractivity contribution in [2.75, 3.05) is 18.9 Å². The van der Waals surface area contributed by atoms with E-state index in [1.54, 1.807) is 0 Å². The van der Waals surface area contributed by atoms with Crippen LogP contribution < -0.4 is 5.32 Å². The van der Waals surface area contributed by atoms with Crippen LogP contribution in [0.1, 0.15) is 44.7 Å². The number of rotatable bonds is 5. The molecule has 1 heterocycles. The molecule has 0 bridgehead atoms. The summed E-state index contributed by atoms with van der Waals surface area (Å²) in [6.07, 6.45) is 6.89. The summed E-state index contributed by atoms with van der Waals surface area (Å²) in [5.74, 6) is 0.993. The fourth-order valence-corrected chi connectivity index (χ4v) is 2.75. The summed E-state index contributed by atoms with van der Waals surface area (Å²) < 4.78 is 0. The van der Waals surface area contributed by atoms with E-state index in [9.17, 15) is 0 Å². The minimum Gasteiger partial charge on any atom is -0.370 e. The van der Waals surface area contributed by atoms with Gasteiger partial charge in [-0.3, -0.25) is 4.90 Å². The number of pyridine rings is 1. The molecule has 0 aromatic carbocycles. The van der Waals surface area contributed by atoms with Crippen LogP contribution in [-0.4, -0.2) is 29.5 Å². The van der Waals surface area contributed by atoms with Crippen LogP contribution in [0.25, 0.3) is 0 Å². The highest BCUT2D eigenvalue weighted by Crippen LogP contribution is 2.22. The van der Waals surface area contributed by atoms with Crippen molar-refractivity contribution >= 4 is 5.82 Å². The fraction of sp³-hybridized carbons (Fsp3) is 0.667. The molecule has 0 amide bonds. The van der Waals surface area contributed by atoms with Gasteiger partial charge in [-0.1, -0.05) is 25.3 Å². The minimum atomic E-state index is 0.753. The standard InChI is InChI=1S/C15H25N3/c1-3-16-15-11-7-8-13(17-15)12-18(2)14-9-5-4-6-10-14/h7-8,11,14H,3-6,9-10,12H2,1-2H3,(H,16,17). The third kappa shape index (κ3) is 3.70. The molecule has 100 valence electrons. The fourth-order valence-electron chi connectivity index (χ4n) is 2.75. The number of hydrogen-bond acceptors (Lipinski definition) is 3. The summed E-state index contributed by atoms with van der Waals surface area (Å²) in [7, 11) is 2.23. The van der Waals surface area contributed by atoms with Gasteiger partial charge in [0.05, 0.1) is 5.69 Å². The summed E-state index contributed by atoms with van der Waals surface area (Å²) >= 11 is 0. The maximum atomic E-state index is 4.64. The van der Waals surface area contributed by atoms with Crippen LogP contribution in [0.2, 0.25) is 0 Å². The first-order valence-electron chi connectivity index (χ1n) is 7.19. The number of hydrogen-bond donors (Lipinski definition) is 1. The van der Waals surface area contributed by atoms with Gasteiger partial charge in [-0.2, -0.15) is 0 Å². The Kier molecular flexibility index (Phi) is 5.00. The lowest BCUT2D eigenvalue weighted by atomic mass is 9.94. The highest BCUT2D eigenvalue weighted by atomic mass is 15.1. The van der Waals surface area contributed by atoms with Crippen molar-refractivity contribution in [2.45, 2.75) is 51.6 Å². The first-order chi connectivity index (χ1) is 8.79. The zero-order valence-electron chi connectivity index (χ0n) is 11.7. The summed E-state index contributed by atoms with van der Waals surface area (Å²) in [6.45, 7) is 3.99. The van der Waals surface area contributed by atoms with E-state index in [2.05, 4.69) is 41.3 Å². The lowest BCUT2D eigenvalue weighted by Gasteiger charge is -2.30. The molecule has 3 nitrogen and oxygen atoms in total. The van der Waals surface area contributed by atoms with Crippen molar-refractivity contribution in [1.29, 1.82) is 0 Å². The van der Waals surface area contributed by atoms with Crippen molar-refractivity contribution < 1.29 is 0 Å². The molecule has 18 heavy (non-hydrogen) atoms. The van der Waals surface area contributed by atoms with Crippen LogP contribution in [0, 0.1) is 0 Å². The second-order valence-corrected chi connectivity index (χ2v) is 5.25. The van der Waals surface area contributed by atoms with Gasteiger partial charge in [0.1, 0.15) is 5.82 Å². The maximum absolute atomic E-state index is 4.64. The van der Waals surface area contributed by atoms with Crippen molar-refractivity contribution in [2.24, 2.45) is 0 Å². The predicted molar refractivity (Wildman–Crippen MR) is 76.7 cm³/mol. The van der Waals surface area contributed by atoms with Gasteiger partial charge in [0, 0.05) is 19.1 Å². The summed E-state index contributed by atoms with van der Waals surface area (Å²) in [6, 6.07) is 7.01. The van der Waals surface area contributed by atoms with Crippen LogP contribution in [-0.2, 0) is 6.54 Å². The van der Waals surface area contributed by atoms with Crippen LogP contribution in [0.5, 0.6) is 0 Å². The number of aromatic nitrogens is 1. The highest BCUT2D eigenvalue weighted by Gasteiger charge is 2.18. The monoisotopic (exact) mass is 247 g/mol. The average molecular weight is 247 g/mol. The molecular weight excluding hydrogens is 222 g/mol. The Bertz CT molecular complexity index is 359. The molecule has 1 aromatic heterocycles. The average Bonchev–Trinajstić information content (AvgIpc) is 2.40. The van der Waals surface area contributed by atoms with Gasteiger partial charge >= 0.3 is 0 Å². The second kappa shape index (κ2) is 6.74. The van der Waals surface area contributed by atoms with E-state index >= 15 is 0 Å². The molecule has 1 aliphatic carbocycles.